The maximum absolute atomic E-state index is 12.3. The minimum Gasteiger partial charge on any atom is -0.378 e. The molecule has 140 valence electrons. The van der Waals surface area contributed by atoms with Gasteiger partial charge in [-0.3, -0.25) is 0 Å². The zero-order chi connectivity index (χ0) is 18.6. The molecule has 1 saturated heterocycles. The number of hydrogen-bond acceptors (Lipinski definition) is 6. The van der Waals surface area contributed by atoms with E-state index < -0.39 is 10.0 Å². The third kappa shape index (κ3) is 5.23. The van der Waals surface area contributed by atoms with Gasteiger partial charge in [0.2, 0.25) is 10.0 Å². The van der Waals surface area contributed by atoms with E-state index >= 15 is 0 Å². The average Bonchev–Trinajstić information content (AvgIpc) is 2.62. The lowest BCUT2D eigenvalue weighted by Crippen LogP contribution is -2.37. The smallest absolute Gasteiger partial charge is 0.216 e. The van der Waals surface area contributed by atoms with E-state index in [-0.39, 0.29) is 12.3 Å². The number of aromatic nitrogens is 2. The molecule has 26 heavy (non-hydrogen) atoms. The fourth-order valence-electron chi connectivity index (χ4n) is 2.77. The fourth-order valence-corrected chi connectivity index (χ4v) is 3.86. The molecular weight excluding hydrogens is 352 g/mol. The summed E-state index contributed by atoms with van der Waals surface area (Å²) in [7, 11) is -3.46. The molecule has 0 unspecified atom stereocenters. The van der Waals surface area contributed by atoms with Crippen LogP contribution in [0.15, 0.2) is 30.3 Å². The van der Waals surface area contributed by atoms with Crippen LogP contribution in [0.25, 0.3) is 0 Å². The van der Waals surface area contributed by atoms with Crippen molar-refractivity contribution in [2.24, 2.45) is 0 Å². The van der Waals surface area contributed by atoms with Gasteiger partial charge >= 0.3 is 0 Å². The summed E-state index contributed by atoms with van der Waals surface area (Å²) in [4.78, 5) is 11.0. The molecule has 1 aromatic carbocycles. The molecule has 0 atom stereocenters. The van der Waals surface area contributed by atoms with Gasteiger partial charge in [0.15, 0.2) is 0 Å². The Hall–Kier alpha value is -2.03. The van der Waals surface area contributed by atoms with Gasteiger partial charge in [-0.05, 0) is 19.4 Å². The molecule has 0 radical (unpaired) electrons. The Labute approximate surface area is 154 Å². The van der Waals surface area contributed by atoms with Crippen molar-refractivity contribution in [1.29, 1.82) is 0 Å². The van der Waals surface area contributed by atoms with Crippen LogP contribution in [0.4, 0.5) is 5.82 Å². The molecule has 7 nitrogen and oxygen atoms in total. The Kier molecular flexibility index (Phi) is 5.85. The highest BCUT2D eigenvalue weighted by molar-refractivity contribution is 7.88. The topological polar surface area (TPSA) is 84.4 Å². The number of aryl methyl sites for hydroxylation is 2. The zero-order valence-electron chi connectivity index (χ0n) is 15.1. The third-order valence-electron chi connectivity index (χ3n) is 4.15. The third-order valence-corrected chi connectivity index (χ3v) is 5.45. The first kappa shape index (κ1) is 18.8. The van der Waals surface area contributed by atoms with E-state index in [1.54, 1.807) is 0 Å². The van der Waals surface area contributed by atoms with Gasteiger partial charge in [0, 0.05) is 24.8 Å². The molecular formula is C18H24N4O3S. The van der Waals surface area contributed by atoms with Gasteiger partial charge in [-0.1, -0.05) is 29.8 Å². The number of ether oxygens (including phenoxy) is 1. The maximum atomic E-state index is 12.3. The van der Waals surface area contributed by atoms with Gasteiger partial charge < -0.3 is 9.64 Å². The highest BCUT2D eigenvalue weighted by Crippen LogP contribution is 2.14. The fraction of sp³-hybridized carbons (Fsp3) is 0.444. The van der Waals surface area contributed by atoms with E-state index in [9.17, 15) is 8.42 Å². The predicted octanol–water partition coefficient (Wildman–Crippen LogP) is 1.55. The van der Waals surface area contributed by atoms with Crippen LogP contribution >= 0.6 is 0 Å². The summed E-state index contributed by atoms with van der Waals surface area (Å²) in [6.45, 7) is 6.81. The van der Waals surface area contributed by atoms with E-state index in [0.29, 0.717) is 19.0 Å². The average molecular weight is 376 g/mol. The normalized spacial score (nSPS) is 15.2. The molecule has 0 spiro atoms. The van der Waals surface area contributed by atoms with E-state index in [2.05, 4.69) is 19.6 Å². The Balaban J connectivity index is 1.66. The lowest BCUT2D eigenvalue weighted by Gasteiger charge is -2.28. The van der Waals surface area contributed by atoms with Crippen LogP contribution < -0.4 is 9.62 Å². The van der Waals surface area contributed by atoms with Crippen LogP contribution in [-0.4, -0.2) is 44.7 Å². The van der Waals surface area contributed by atoms with Gasteiger partial charge in [-0.2, -0.15) is 0 Å². The summed E-state index contributed by atoms with van der Waals surface area (Å²) in [5.74, 6) is 1.22. The number of morpholine rings is 1. The SMILES string of the molecule is Cc1ccc(CS(=O)(=O)NCc2nc(C)cc(N3CCOCC3)n2)cc1. The van der Waals surface area contributed by atoms with Crippen LogP contribution in [0.1, 0.15) is 22.6 Å². The summed E-state index contributed by atoms with van der Waals surface area (Å²) in [6, 6.07) is 9.38. The molecule has 0 saturated carbocycles. The number of benzene rings is 1. The van der Waals surface area contributed by atoms with Crippen molar-refractivity contribution in [1.82, 2.24) is 14.7 Å². The summed E-state index contributed by atoms with van der Waals surface area (Å²) in [6.07, 6.45) is 0. The van der Waals surface area contributed by atoms with Gasteiger partial charge in [-0.25, -0.2) is 23.1 Å². The first-order valence-electron chi connectivity index (χ1n) is 8.61. The quantitative estimate of drug-likeness (QED) is 0.823. The van der Waals surface area contributed by atoms with Crippen molar-refractivity contribution < 1.29 is 13.2 Å². The monoisotopic (exact) mass is 376 g/mol. The molecule has 0 aliphatic carbocycles. The Morgan fingerprint density at radius 3 is 2.50 bits per heavy atom. The first-order valence-corrected chi connectivity index (χ1v) is 10.3. The standard InChI is InChI=1S/C18H24N4O3S/c1-14-3-5-16(6-4-14)13-26(23,24)19-12-17-20-15(2)11-18(21-17)22-7-9-25-10-8-22/h3-6,11,19H,7-10,12-13H2,1-2H3. The Morgan fingerprint density at radius 2 is 1.81 bits per heavy atom. The number of nitrogens with zero attached hydrogens (tertiary/aromatic N) is 3. The lowest BCUT2D eigenvalue weighted by atomic mass is 10.2. The Morgan fingerprint density at radius 1 is 1.12 bits per heavy atom. The molecule has 0 bridgehead atoms. The van der Waals surface area contributed by atoms with E-state index in [4.69, 9.17) is 4.74 Å². The Bertz CT molecular complexity index is 847. The second-order valence-corrected chi connectivity index (χ2v) is 8.26. The lowest BCUT2D eigenvalue weighted by molar-refractivity contribution is 0.122. The van der Waals surface area contributed by atoms with E-state index in [1.807, 2.05) is 44.2 Å². The van der Waals surface area contributed by atoms with Gasteiger partial charge in [-0.15, -0.1) is 0 Å². The summed E-state index contributed by atoms with van der Waals surface area (Å²) >= 11 is 0. The largest absolute Gasteiger partial charge is 0.378 e. The van der Waals surface area contributed by atoms with Crippen molar-refractivity contribution in [2.75, 3.05) is 31.2 Å². The molecule has 2 heterocycles. The number of anilines is 1. The zero-order valence-corrected chi connectivity index (χ0v) is 15.9. The number of hydrogen-bond donors (Lipinski definition) is 1. The minimum absolute atomic E-state index is 0.0601. The highest BCUT2D eigenvalue weighted by Gasteiger charge is 2.16. The van der Waals surface area contributed by atoms with Gasteiger partial charge in [0.05, 0.1) is 25.5 Å². The molecule has 1 fully saturated rings. The number of sulfonamides is 1. The molecule has 1 aromatic heterocycles. The highest BCUT2D eigenvalue weighted by atomic mass is 32.2. The van der Waals surface area contributed by atoms with Crippen LogP contribution in [0.2, 0.25) is 0 Å². The number of rotatable bonds is 6. The molecule has 1 N–H and O–H groups in total. The maximum Gasteiger partial charge on any atom is 0.216 e. The van der Waals surface area contributed by atoms with Crippen LogP contribution in [-0.2, 0) is 27.1 Å². The predicted molar refractivity (Wildman–Crippen MR) is 100 cm³/mol. The van der Waals surface area contributed by atoms with Gasteiger partial charge in [0.1, 0.15) is 11.6 Å². The van der Waals surface area contributed by atoms with Crippen molar-refractivity contribution in [3.05, 3.63) is 53.0 Å². The molecule has 3 rings (SSSR count). The van der Waals surface area contributed by atoms with E-state index in [1.165, 1.54) is 0 Å². The molecule has 1 aliphatic heterocycles. The number of nitrogens with one attached hydrogen (secondary N) is 1. The minimum atomic E-state index is -3.46. The summed E-state index contributed by atoms with van der Waals surface area (Å²) in [5.41, 5.74) is 2.67. The summed E-state index contributed by atoms with van der Waals surface area (Å²) < 4.78 is 32.6. The molecule has 8 heteroatoms. The van der Waals surface area contributed by atoms with Crippen molar-refractivity contribution in [3.8, 4) is 0 Å². The van der Waals surface area contributed by atoms with Gasteiger partial charge in [0.25, 0.3) is 0 Å². The first-order chi connectivity index (χ1) is 12.4. The molecule has 1 aliphatic rings. The van der Waals surface area contributed by atoms with Crippen molar-refractivity contribution in [3.63, 3.8) is 0 Å². The summed E-state index contributed by atoms with van der Waals surface area (Å²) in [5, 5.41) is 0. The van der Waals surface area contributed by atoms with E-state index in [0.717, 1.165) is 35.7 Å². The van der Waals surface area contributed by atoms with Crippen LogP contribution in [0.3, 0.4) is 0 Å². The second-order valence-electron chi connectivity index (χ2n) is 6.45. The van der Waals surface area contributed by atoms with Crippen molar-refractivity contribution >= 4 is 15.8 Å². The molecule has 2 aromatic rings. The molecule has 0 amide bonds. The second kappa shape index (κ2) is 8.11. The van der Waals surface area contributed by atoms with Crippen LogP contribution in [0, 0.1) is 13.8 Å². The van der Waals surface area contributed by atoms with Crippen LogP contribution in [0.5, 0.6) is 0 Å². The van der Waals surface area contributed by atoms with Crippen molar-refractivity contribution in [2.45, 2.75) is 26.1 Å².